The van der Waals surface area contributed by atoms with Gasteiger partial charge in [-0.2, -0.15) is 0 Å². The van der Waals surface area contributed by atoms with E-state index in [1.54, 1.807) is 12.4 Å². The number of rotatable bonds is 2. The monoisotopic (exact) mass is 305 g/mol. The molecule has 0 radical (unpaired) electrons. The predicted molar refractivity (Wildman–Crippen MR) is 85.4 cm³/mol. The summed E-state index contributed by atoms with van der Waals surface area (Å²) < 4.78 is 17.5. The summed E-state index contributed by atoms with van der Waals surface area (Å²) >= 11 is 0. The molecule has 0 saturated carbocycles. The summed E-state index contributed by atoms with van der Waals surface area (Å²) in [5, 5.41) is 0. The molecule has 1 aromatic heterocycles. The van der Waals surface area contributed by atoms with Gasteiger partial charge < -0.3 is 18.9 Å². The molecule has 2 saturated heterocycles. The van der Waals surface area contributed by atoms with Crippen LogP contribution in [0.15, 0.2) is 12.4 Å². The summed E-state index contributed by atoms with van der Waals surface area (Å²) in [6, 6.07) is 0. The Bertz CT molecular complexity index is 497. The fourth-order valence-electron chi connectivity index (χ4n) is 2.54. The van der Waals surface area contributed by atoms with Crippen molar-refractivity contribution in [1.29, 1.82) is 0 Å². The summed E-state index contributed by atoms with van der Waals surface area (Å²) in [7, 11) is -0.411. The van der Waals surface area contributed by atoms with E-state index in [1.165, 1.54) is 0 Å². The average molecular weight is 305 g/mol. The molecule has 22 heavy (non-hydrogen) atoms. The van der Waals surface area contributed by atoms with Gasteiger partial charge >= 0.3 is 7.12 Å². The van der Waals surface area contributed by atoms with Gasteiger partial charge in [0.2, 0.25) is 5.95 Å². The number of nitrogens with zero attached hydrogens (tertiary/aromatic N) is 3. The first-order valence-electron chi connectivity index (χ1n) is 7.89. The van der Waals surface area contributed by atoms with E-state index in [4.69, 9.17) is 14.0 Å². The Labute approximate surface area is 132 Å². The minimum absolute atomic E-state index is 0.349. The highest BCUT2D eigenvalue weighted by atomic mass is 16.7. The van der Waals surface area contributed by atoms with Gasteiger partial charge in [0.1, 0.15) is 0 Å². The zero-order valence-corrected chi connectivity index (χ0v) is 13.8. The van der Waals surface area contributed by atoms with Crippen molar-refractivity contribution in [3.63, 3.8) is 0 Å². The van der Waals surface area contributed by atoms with Crippen molar-refractivity contribution in [2.75, 3.05) is 31.2 Å². The van der Waals surface area contributed by atoms with Crippen molar-refractivity contribution in [2.24, 2.45) is 0 Å². The topological polar surface area (TPSA) is 56.7 Å². The van der Waals surface area contributed by atoms with Crippen LogP contribution >= 0.6 is 0 Å². The quantitative estimate of drug-likeness (QED) is 0.760. The van der Waals surface area contributed by atoms with Gasteiger partial charge in [0, 0.05) is 37.6 Å². The fourth-order valence-corrected chi connectivity index (χ4v) is 2.54. The Morgan fingerprint density at radius 3 is 2.27 bits per heavy atom. The van der Waals surface area contributed by atoms with Gasteiger partial charge in [0.05, 0.1) is 17.8 Å². The molecule has 7 heteroatoms. The molecule has 0 bridgehead atoms. The zero-order chi connectivity index (χ0) is 15.8. The molecule has 120 valence electrons. The normalized spacial score (nSPS) is 24.4. The highest BCUT2D eigenvalue weighted by Gasteiger charge is 2.51. The van der Waals surface area contributed by atoms with E-state index in [0.717, 1.165) is 44.1 Å². The van der Waals surface area contributed by atoms with Gasteiger partial charge in [0.15, 0.2) is 0 Å². The third kappa shape index (κ3) is 2.98. The fraction of sp³-hybridized carbons (Fsp3) is 0.733. The minimum Gasteiger partial charge on any atom is -0.399 e. The zero-order valence-electron chi connectivity index (χ0n) is 13.8. The Balaban J connectivity index is 1.72. The van der Waals surface area contributed by atoms with E-state index in [9.17, 15) is 0 Å². The molecule has 0 aromatic carbocycles. The van der Waals surface area contributed by atoms with Gasteiger partial charge in [-0.25, -0.2) is 9.97 Å². The van der Waals surface area contributed by atoms with Crippen molar-refractivity contribution >= 4 is 18.5 Å². The van der Waals surface area contributed by atoms with Gasteiger partial charge in [-0.05, 0) is 34.1 Å². The maximum absolute atomic E-state index is 6.02. The first-order chi connectivity index (χ1) is 10.4. The summed E-state index contributed by atoms with van der Waals surface area (Å²) in [5.74, 6) is 0.741. The molecule has 2 aliphatic heterocycles. The Morgan fingerprint density at radius 1 is 1.00 bits per heavy atom. The minimum atomic E-state index is -0.411. The molecule has 0 unspecified atom stereocenters. The number of anilines is 1. The van der Waals surface area contributed by atoms with Gasteiger partial charge in [-0.3, -0.25) is 0 Å². The third-order valence-corrected chi connectivity index (χ3v) is 4.69. The maximum atomic E-state index is 6.02. The Hall–Kier alpha value is -1.18. The van der Waals surface area contributed by atoms with Crippen molar-refractivity contribution in [3.05, 3.63) is 12.4 Å². The van der Waals surface area contributed by atoms with Crippen LogP contribution < -0.4 is 10.4 Å². The lowest BCUT2D eigenvalue weighted by Crippen LogP contribution is -2.41. The molecule has 2 fully saturated rings. The lowest BCUT2D eigenvalue weighted by atomic mass is 9.81. The Kier molecular flexibility index (Phi) is 4.14. The van der Waals surface area contributed by atoms with Gasteiger partial charge in [-0.1, -0.05) is 0 Å². The van der Waals surface area contributed by atoms with Crippen LogP contribution in [0.1, 0.15) is 34.1 Å². The lowest BCUT2D eigenvalue weighted by molar-refractivity contribution is 0.00578. The largest absolute Gasteiger partial charge is 0.498 e. The van der Waals surface area contributed by atoms with E-state index >= 15 is 0 Å². The second kappa shape index (κ2) is 5.79. The second-order valence-electron chi connectivity index (χ2n) is 6.86. The van der Waals surface area contributed by atoms with Crippen LogP contribution in [-0.4, -0.2) is 54.6 Å². The molecular weight excluding hydrogens is 281 g/mol. The summed E-state index contributed by atoms with van der Waals surface area (Å²) in [5.41, 5.74) is 0.158. The van der Waals surface area contributed by atoms with Crippen molar-refractivity contribution in [2.45, 2.75) is 45.3 Å². The van der Waals surface area contributed by atoms with E-state index in [2.05, 4.69) is 14.9 Å². The summed E-state index contributed by atoms with van der Waals surface area (Å²) in [6.07, 6.45) is 4.61. The molecule has 0 aliphatic carbocycles. The highest BCUT2D eigenvalue weighted by molar-refractivity contribution is 6.61. The van der Waals surface area contributed by atoms with E-state index in [0.29, 0.717) is 0 Å². The SMILES string of the molecule is CC1(C)OB(c2cnc(N3CCCOCC3)nc2)OC1(C)C. The molecule has 2 aliphatic rings. The molecular formula is C15H24BN3O3. The first kappa shape index (κ1) is 15.7. The number of hydrogen-bond acceptors (Lipinski definition) is 6. The lowest BCUT2D eigenvalue weighted by Gasteiger charge is -2.32. The molecule has 0 amide bonds. The first-order valence-corrected chi connectivity index (χ1v) is 7.89. The molecule has 1 aromatic rings. The molecule has 6 nitrogen and oxygen atoms in total. The van der Waals surface area contributed by atoms with Crippen LogP contribution in [0.25, 0.3) is 0 Å². The standard InChI is InChI=1S/C15H24BN3O3/c1-14(2)15(3,4)22-16(21-14)12-10-17-13(18-11-12)19-6-5-8-20-9-7-19/h10-11H,5-9H2,1-4H3. The number of ether oxygens (including phenoxy) is 1. The van der Waals surface area contributed by atoms with Crippen LogP contribution in [-0.2, 0) is 14.0 Å². The molecule has 0 atom stereocenters. The Morgan fingerprint density at radius 2 is 1.64 bits per heavy atom. The van der Waals surface area contributed by atoms with Gasteiger partial charge in [0.25, 0.3) is 0 Å². The van der Waals surface area contributed by atoms with Crippen LogP contribution in [0.2, 0.25) is 0 Å². The maximum Gasteiger partial charge on any atom is 0.498 e. The van der Waals surface area contributed by atoms with Crippen LogP contribution in [0.4, 0.5) is 5.95 Å². The van der Waals surface area contributed by atoms with Crippen LogP contribution in [0.5, 0.6) is 0 Å². The van der Waals surface area contributed by atoms with E-state index in [1.807, 2.05) is 27.7 Å². The second-order valence-corrected chi connectivity index (χ2v) is 6.86. The van der Waals surface area contributed by atoms with Crippen LogP contribution in [0, 0.1) is 0 Å². The smallest absolute Gasteiger partial charge is 0.399 e. The van der Waals surface area contributed by atoms with Crippen molar-refractivity contribution in [1.82, 2.24) is 9.97 Å². The third-order valence-electron chi connectivity index (χ3n) is 4.69. The summed E-state index contributed by atoms with van der Waals surface area (Å²) in [4.78, 5) is 11.1. The van der Waals surface area contributed by atoms with E-state index in [-0.39, 0.29) is 11.2 Å². The molecule has 0 N–H and O–H groups in total. The summed E-state index contributed by atoms with van der Waals surface area (Å²) in [6.45, 7) is 11.5. The molecule has 0 spiro atoms. The van der Waals surface area contributed by atoms with Crippen molar-refractivity contribution in [3.8, 4) is 0 Å². The van der Waals surface area contributed by atoms with Crippen LogP contribution in [0.3, 0.4) is 0 Å². The number of aromatic nitrogens is 2. The van der Waals surface area contributed by atoms with Crippen molar-refractivity contribution < 1.29 is 14.0 Å². The van der Waals surface area contributed by atoms with Gasteiger partial charge in [-0.15, -0.1) is 0 Å². The highest BCUT2D eigenvalue weighted by Crippen LogP contribution is 2.36. The predicted octanol–water partition coefficient (Wildman–Crippen LogP) is 1.00. The molecule has 3 rings (SSSR count). The van der Waals surface area contributed by atoms with E-state index < -0.39 is 7.12 Å². The average Bonchev–Trinajstić information content (AvgIpc) is 2.67. The number of hydrogen-bond donors (Lipinski definition) is 0. The molecule has 3 heterocycles.